The Hall–Kier alpha value is -0.870. The van der Waals surface area contributed by atoms with Gasteiger partial charge >= 0.3 is 0 Å². The molecule has 0 aliphatic carbocycles. The van der Waals surface area contributed by atoms with Gasteiger partial charge < -0.3 is 4.84 Å². The molecule has 13 heavy (non-hydrogen) atoms. The van der Waals surface area contributed by atoms with Gasteiger partial charge in [0.05, 0.1) is 13.3 Å². The van der Waals surface area contributed by atoms with Crippen molar-refractivity contribution in [3.8, 4) is 0 Å². The third kappa shape index (κ3) is 2.29. The lowest BCUT2D eigenvalue weighted by molar-refractivity contribution is 0.0864. The van der Waals surface area contributed by atoms with Gasteiger partial charge in [-0.05, 0) is 5.92 Å². The van der Waals surface area contributed by atoms with E-state index in [1.54, 1.807) is 7.11 Å². The maximum atomic E-state index is 4.80. The maximum absolute atomic E-state index is 4.80. The van der Waals surface area contributed by atoms with Crippen molar-refractivity contribution in [1.29, 1.82) is 0 Å². The molecule has 0 saturated carbocycles. The lowest BCUT2D eigenvalue weighted by Gasteiger charge is -2.09. The van der Waals surface area contributed by atoms with Crippen molar-refractivity contribution in [2.75, 3.05) is 7.11 Å². The van der Waals surface area contributed by atoms with Crippen LogP contribution in [0.4, 0.5) is 0 Å². The first-order chi connectivity index (χ1) is 6.16. The summed E-state index contributed by atoms with van der Waals surface area (Å²) in [5.74, 6) is 0.487. The normalized spacial score (nSPS) is 11.2. The van der Waals surface area contributed by atoms with Gasteiger partial charge in [-0.15, -0.1) is 0 Å². The summed E-state index contributed by atoms with van der Waals surface area (Å²) in [5, 5.41) is 4.21. The molecular weight excluding hydrogens is 166 g/mol. The minimum absolute atomic E-state index is 0.487. The second-order valence-corrected chi connectivity index (χ2v) is 3.36. The van der Waals surface area contributed by atoms with Gasteiger partial charge in [0.15, 0.2) is 0 Å². The first-order valence-electron chi connectivity index (χ1n) is 4.43. The molecule has 74 valence electrons. The standard InChI is InChI=1S/C9H17N3O/c1-7(2)9-8(6-11-13-4)5-10-12(9)3/h5,7,11H,6H2,1-4H3. The van der Waals surface area contributed by atoms with E-state index >= 15 is 0 Å². The second-order valence-electron chi connectivity index (χ2n) is 3.36. The Bertz CT molecular complexity index is 268. The monoisotopic (exact) mass is 183 g/mol. The Morgan fingerprint density at radius 1 is 1.62 bits per heavy atom. The molecule has 0 amide bonds. The number of aryl methyl sites for hydroxylation is 1. The van der Waals surface area contributed by atoms with Crippen LogP contribution in [0.25, 0.3) is 0 Å². The average molecular weight is 183 g/mol. The van der Waals surface area contributed by atoms with Crippen LogP contribution in [0.5, 0.6) is 0 Å². The van der Waals surface area contributed by atoms with E-state index in [1.807, 2.05) is 17.9 Å². The maximum Gasteiger partial charge on any atom is 0.0572 e. The van der Waals surface area contributed by atoms with Gasteiger partial charge in [-0.3, -0.25) is 4.68 Å². The van der Waals surface area contributed by atoms with Crippen molar-refractivity contribution in [2.24, 2.45) is 7.05 Å². The van der Waals surface area contributed by atoms with Crippen LogP contribution in [-0.2, 0) is 18.4 Å². The number of nitrogens with one attached hydrogen (secondary N) is 1. The molecule has 0 saturated heterocycles. The van der Waals surface area contributed by atoms with Crippen LogP contribution in [0.15, 0.2) is 6.20 Å². The quantitative estimate of drug-likeness (QED) is 0.713. The Morgan fingerprint density at radius 3 is 2.85 bits per heavy atom. The van der Waals surface area contributed by atoms with Crippen LogP contribution in [0, 0.1) is 0 Å². The fourth-order valence-corrected chi connectivity index (χ4v) is 1.52. The molecule has 1 aromatic heterocycles. The van der Waals surface area contributed by atoms with Crippen molar-refractivity contribution in [3.05, 3.63) is 17.5 Å². The SMILES string of the molecule is CONCc1cnn(C)c1C(C)C. The molecule has 0 unspecified atom stereocenters. The van der Waals surface area contributed by atoms with E-state index in [9.17, 15) is 0 Å². The molecule has 0 bridgehead atoms. The van der Waals surface area contributed by atoms with Crippen molar-refractivity contribution >= 4 is 0 Å². The molecule has 0 aliphatic heterocycles. The second kappa shape index (κ2) is 4.39. The van der Waals surface area contributed by atoms with Crippen LogP contribution < -0.4 is 5.48 Å². The van der Waals surface area contributed by atoms with Gasteiger partial charge in [0.2, 0.25) is 0 Å². The average Bonchev–Trinajstić information content (AvgIpc) is 2.43. The minimum atomic E-state index is 0.487. The van der Waals surface area contributed by atoms with Gasteiger partial charge in [0, 0.05) is 24.8 Å². The Labute approximate surface area is 78.8 Å². The summed E-state index contributed by atoms with van der Waals surface area (Å²) < 4.78 is 1.91. The van der Waals surface area contributed by atoms with Gasteiger partial charge in [-0.2, -0.15) is 10.6 Å². The highest BCUT2D eigenvalue weighted by atomic mass is 16.6. The van der Waals surface area contributed by atoms with Gasteiger partial charge in [0.25, 0.3) is 0 Å². The molecule has 0 atom stereocenters. The Morgan fingerprint density at radius 2 is 2.31 bits per heavy atom. The van der Waals surface area contributed by atoms with E-state index in [0.29, 0.717) is 12.5 Å². The molecule has 1 rings (SSSR count). The molecular formula is C9H17N3O. The molecule has 4 nitrogen and oxygen atoms in total. The molecule has 0 aliphatic rings. The summed E-state index contributed by atoms with van der Waals surface area (Å²) in [6, 6.07) is 0. The smallest absolute Gasteiger partial charge is 0.0572 e. The number of hydrogen-bond donors (Lipinski definition) is 1. The predicted octanol–water partition coefficient (Wildman–Crippen LogP) is 1.19. The van der Waals surface area contributed by atoms with Crippen molar-refractivity contribution in [2.45, 2.75) is 26.3 Å². The number of nitrogens with zero attached hydrogens (tertiary/aromatic N) is 2. The van der Waals surface area contributed by atoms with E-state index in [0.717, 1.165) is 0 Å². The van der Waals surface area contributed by atoms with E-state index < -0.39 is 0 Å². The first-order valence-corrected chi connectivity index (χ1v) is 4.43. The molecule has 1 heterocycles. The zero-order valence-corrected chi connectivity index (χ0v) is 8.66. The van der Waals surface area contributed by atoms with E-state index in [-0.39, 0.29) is 0 Å². The molecule has 0 radical (unpaired) electrons. The summed E-state index contributed by atoms with van der Waals surface area (Å²) in [4.78, 5) is 4.80. The molecule has 0 spiro atoms. The fraction of sp³-hybridized carbons (Fsp3) is 0.667. The minimum Gasteiger partial charge on any atom is -0.305 e. The third-order valence-electron chi connectivity index (χ3n) is 2.02. The van der Waals surface area contributed by atoms with Gasteiger partial charge in [-0.1, -0.05) is 13.8 Å². The van der Waals surface area contributed by atoms with Crippen LogP contribution >= 0.6 is 0 Å². The first kappa shape index (κ1) is 10.2. The lowest BCUT2D eigenvalue weighted by Crippen LogP contribution is -2.13. The number of aromatic nitrogens is 2. The van der Waals surface area contributed by atoms with Crippen LogP contribution in [0.3, 0.4) is 0 Å². The fourth-order valence-electron chi connectivity index (χ4n) is 1.52. The van der Waals surface area contributed by atoms with Crippen LogP contribution in [0.1, 0.15) is 31.0 Å². The zero-order chi connectivity index (χ0) is 9.84. The highest BCUT2D eigenvalue weighted by molar-refractivity contribution is 5.20. The predicted molar refractivity (Wildman–Crippen MR) is 51.1 cm³/mol. The van der Waals surface area contributed by atoms with E-state index in [4.69, 9.17) is 4.84 Å². The number of hydroxylamine groups is 1. The molecule has 0 aromatic carbocycles. The zero-order valence-electron chi connectivity index (χ0n) is 8.66. The van der Waals surface area contributed by atoms with Crippen molar-refractivity contribution < 1.29 is 4.84 Å². The third-order valence-corrected chi connectivity index (χ3v) is 2.02. The number of hydrogen-bond acceptors (Lipinski definition) is 3. The Balaban J connectivity index is 2.81. The molecule has 4 heteroatoms. The van der Waals surface area contributed by atoms with Gasteiger partial charge in [-0.25, -0.2) is 0 Å². The Kier molecular flexibility index (Phi) is 3.45. The van der Waals surface area contributed by atoms with Crippen LogP contribution in [0.2, 0.25) is 0 Å². The summed E-state index contributed by atoms with van der Waals surface area (Å²) in [6.45, 7) is 5.03. The highest BCUT2D eigenvalue weighted by Crippen LogP contribution is 2.17. The largest absolute Gasteiger partial charge is 0.305 e. The van der Waals surface area contributed by atoms with Gasteiger partial charge in [0.1, 0.15) is 0 Å². The molecule has 1 aromatic rings. The molecule has 1 N–H and O–H groups in total. The van der Waals surface area contributed by atoms with E-state index in [1.165, 1.54) is 11.3 Å². The molecule has 0 fully saturated rings. The van der Waals surface area contributed by atoms with Crippen LogP contribution in [-0.4, -0.2) is 16.9 Å². The van der Waals surface area contributed by atoms with Crippen molar-refractivity contribution in [1.82, 2.24) is 15.3 Å². The lowest BCUT2D eigenvalue weighted by atomic mass is 10.1. The van der Waals surface area contributed by atoms with E-state index in [2.05, 4.69) is 24.4 Å². The summed E-state index contributed by atoms with van der Waals surface area (Å²) in [7, 11) is 3.58. The summed E-state index contributed by atoms with van der Waals surface area (Å²) >= 11 is 0. The topological polar surface area (TPSA) is 39.1 Å². The summed E-state index contributed by atoms with van der Waals surface area (Å²) in [6.07, 6.45) is 1.88. The summed E-state index contributed by atoms with van der Waals surface area (Å²) in [5.41, 5.74) is 5.27. The highest BCUT2D eigenvalue weighted by Gasteiger charge is 2.11. The number of rotatable bonds is 4. The van der Waals surface area contributed by atoms with Crippen molar-refractivity contribution in [3.63, 3.8) is 0 Å².